The Hall–Kier alpha value is -0.770. The van der Waals surface area contributed by atoms with Crippen LogP contribution in [-0.2, 0) is 4.74 Å². The van der Waals surface area contributed by atoms with Crippen LogP contribution >= 0.6 is 0 Å². The van der Waals surface area contributed by atoms with Gasteiger partial charge in [-0.25, -0.2) is 0 Å². The average molecular weight is 241 g/mol. The standard InChI is InChI=1S/C13H27N3O/c1-11(2)10-16-13(14)15-8-5-9-17-12-6-3-4-7-12/h11-12H,3-10H2,1-2H3,(H3,14,15,16). The van der Waals surface area contributed by atoms with E-state index in [1.165, 1.54) is 25.7 Å². The summed E-state index contributed by atoms with van der Waals surface area (Å²) in [6, 6.07) is 0. The van der Waals surface area contributed by atoms with Crippen LogP contribution in [0.4, 0.5) is 0 Å². The predicted molar refractivity (Wildman–Crippen MR) is 72.2 cm³/mol. The fourth-order valence-corrected chi connectivity index (χ4v) is 1.93. The Kier molecular flexibility index (Phi) is 7.01. The normalized spacial score (nSPS) is 17.9. The zero-order valence-corrected chi connectivity index (χ0v) is 11.2. The largest absolute Gasteiger partial charge is 0.378 e. The van der Waals surface area contributed by atoms with Crippen LogP contribution in [-0.4, -0.2) is 31.8 Å². The first kappa shape index (κ1) is 14.3. The highest BCUT2D eigenvalue weighted by atomic mass is 16.5. The van der Waals surface area contributed by atoms with Crippen LogP contribution < -0.4 is 11.1 Å². The molecule has 0 spiro atoms. The van der Waals surface area contributed by atoms with E-state index in [2.05, 4.69) is 24.2 Å². The maximum Gasteiger partial charge on any atom is 0.188 e. The van der Waals surface area contributed by atoms with Crippen LogP contribution in [0.5, 0.6) is 0 Å². The molecule has 1 aliphatic carbocycles. The van der Waals surface area contributed by atoms with Crippen molar-refractivity contribution in [3.8, 4) is 0 Å². The summed E-state index contributed by atoms with van der Waals surface area (Å²) in [6.45, 7) is 6.73. The average Bonchev–Trinajstić information content (AvgIpc) is 2.79. The molecule has 0 saturated heterocycles. The van der Waals surface area contributed by atoms with E-state index in [9.17, 15) is 0 Å². The molecule has 0 unspecified atom stereocenters. The molecule has 4 nitrogen and oxygen atoms in total. The van der Waals surface area contributed by atoms with Crippen LogP contribution in [0.25, 0.3) is 0 Å². The van der Waals surface area contributed by atoms with E-state index in [0.29, 0.717) is 18.0 Å². The quantitative estimate of drug-likeness (QED) is 0.406. The van der Waals surface area contributed by atoms with Crippen molar-refractivity contribution >= 4 is 5.96 Å². The number of hydrogen-bond donors (Lipinski definition) is 2. The molecule has 0 heterocycles. The van der Waals surface area contributed by atoms with Crippen molar-refractivity contribution in [1.29, 1.82) is 0 Å². The van der Waals surface area contributed by atoms with Gasteiger partial charge in [0.2, 0.25) is 0 Å². The molecule has 0 radical (unpaired) electrons. The van der Waals surface area contributed by atoms with Crippen molar-refractivity contribution in [3.63, 3.8) is 0 Å². The molecule has 0 amide bonds. The minimum Gasteiger partial charge on any atom is -0.378 e. The summed E-state index contributed by atoms with van der Waals surface area (Å²) < 4.78 is 5.76. The van der Waals surface area contributed by atoms with Crippen LogP contribution in [0.1, 0.15) is 46.0 Å². The Labute approximate surface area is 105 Å². The number of aliphatic imine (C=N–C) groups is 1. The number of ether oxygens (including phenoxy) is 1. The fraction of sp³-hybridized carbons (Fsp3) is 0.923. The van der Waals surface area contributed by atoms with Gasteiger partial charge < -0.3 is 15.8 Å². The highest BCUT2D eigenvalue weighted by Crippen LogP contribution is 2.20. The molecule has 0 atom stereocenters. The van der Waals surface area contributed by atoms with Gasteiger partial charge >= 0.3 is 0 Å². The Morgan fingerprint density at radius 1 is 1.41 bits per heavy atom. The molecule has 100 valence electrons. The summed E-state index contributed by atoms with van der Waals surface area (Å²) in [7, 11) is 0. The van der Waals surface area contributed by atoms with E-state index < -0.39 is 0 Å². The van der Waals surface area contributed by atoms with Crippen molar-refractivity contribution in [1.82, 2.24) is 5.32 Å². The molecular weight excluding hydrogens is 214 g/mol. The lowest BCUT2D eigenvalue weighted by Gasteiger charge is -2.11. The van der Waals surface area contributed by atoms with Gasteiger partial charge in [-0.3, -0.25) is 4.99 Å². The third-order valence-corrected chi connectivity index (χ3v) is 2.91. The van der Waals surface area contributed by atoms with E-state index in [1.807, 2.05) is 0 Å². The number of nitrogens with one attached hydrogen (secondary N) is 1. The van der Waals surface area contributed by atoms with Gasteiger partial charge in [-0.15, -0.1) is 0 Å². The third kappa shape index (κ3) is 7.21. The lowest BCUT2D eigenvalue weighted by Crippen LogP contribution is -2.33. The fourth-order valence-electron chi connectivity index (χ4n) is 1.93. The molecule has 4 heteroatoms. The maximum atomic E-state index is 5.76. The van der Waals surface area contributed by atoms with Crippen LogP contribution in [0.2, 0.25) is 0 Å². The van der Waals surface area contributed by atoms with Crippen molar-refractivity contribution in [2.75, 3.05) is 19.7 Å². The van der Waals surface area contributed by atoms with E-state index in [1.54, 1.807) is 0 Å². The first-order valence-electron chi connectivity index (χ1n) is 6.84. The monoisotopic (exact) mass is 241 g/mol. The molecule has 1 fully saturated rings. The summed E-state index contributed by atoms with van der Waals surface area (Å²) in [5.41, 5.74) is 5.72. The molecule has 0 aromatic carbocycles. The van der Waals surface area contributed by atoms with Crippen molar-refractivity contribution in [3.05, 3.63) is 0 Å². The molecule has 0 aromatic rings. The Morgan fingerprint density at radius 3 is 2.76 bits per heavy atom. The summed E-state index contributed by atoms with van der Waals surface area (Å²) in [4.78, 5) is 4.24. The number of hydrogen-bond acceptors (Lipinski definition) is 2. The van der Waals surface area contributed by atoms with E-state index in [-0.39, 0.29) is 0 Å². The number of guanidine groups is 1. The molecule has 0 bridgehead atoms. The van der Waals surface area contributed by atoms with E-state index in [0.717, 1.165) is 26.1 Å². The minimum atomic E-state index is 0.516. The minimum absolute atomic E-state index is 0.516. The van der Waals surface area contributed by atoms with E-state index in [4.69, 9.17) is 10.5 Å². The van der Waals surface area contributed by atoms with Gasteiger partial charge in [-0.05, 0) is 25.2 Å². The molecular formula is C13H27N3O. The molecule has 1 rings (SSSR count). The zero-order valence-electron chi connectivity index (χ0n) is 11.2. The summed E-state index contributed by atoms with van der Waals surface area (Å²) >= 11 is 0. The summed E-state index contributed by atoms with van der Waals surface area (Å²) in [5, 5.41) is 3.11. The maximum absolute atomic E-state index is 5.76. The second-order valence-electron chi connectivity index (χ2n) is 5.18. The predicted octanol–water partition coefficient (Wildman–Crippen LogP) is 1.90. The number of nitrogens with zero attached hydrogens (tertiary/aromatic N) is 1. The Balaban J connectivity index is 1.94. The first-order valence-corrected chi connectivity index (χ1v) is 6.84. The van der Waals surface area contributed by atoms with Crippen molar-refractivity contribution < 1.29 is 4.74 Å². The molecule has 3 N–H and O–H groups in total. The van der Waals surface area contributed by atoms with Crippen molar-refractivity contribution in [2.24, 2.45) is 16.6 Å². The van der Waals surface area contributed by atoms with Gasteiger partial charge in [0.05, 0.1) is 6.10 Å². The van der Waals surface area contributed by atoms with Crippen LogP contribution in [0, 0.1) is 5.92 Å². The van der Waals surface area contributed by atoms with Gasteiger partial charge in [0, 0.05) is 19.7 Å². The summed E-state index contributed by atoms with van der Waals surface area (Å²) in [5.74, 6) is 1.11. The van der Waals surface area contributed by atoms with Gasteiger partial charge in [-0.2, -0.15) is 0 Å². The highest BCUT2D eigenvalue weighted by molar-refractivity contribution is 5.77. The number of rotatable bonds is 7. The lowest BCUT2D eigenvalue weighted by atomic mass is 10.2. The Morgan fingerprint density at radius 2 is 2.12 bits per heavy atom. The molecule has 1 aliphatic rings. The topological polar surface area (TPSA) is 59.6 Å². The van der Waals surface area contributed by atoms with Gasteiger partial charge in [-0.1, -0.05) is 26.7 Å². The number of nitrogens with two attached hydrogens (primary N) is 1. The molecule has 0 aromatic heterocycles. The smallest absolute Gasteiger partial charge is 0.188 e. The van der Waals surface area contributed by atoms with Gasteiger partial charge in [0.1, 0.15) is 0 Å². The Bertz CT molecular complexity index is 223. The highest BCUT2D eigenvalue weighted by Gasteiger charge is 2.14. The van der Waals surface area contributed by atoms with Crippen LogP contribution in [0.15, 0.2) is 4.99 Å². The second kappa shape index (κ2) is 8.34. The zero-order chi connectivity index (χ0) is 12.5. The third-order valence-electron chi connectivity index (χ3n) is 2.91. The van der Waals surface area contributed by atoms with Crippen molar-refractivity contribution in [2.45, 2.75) is 52.1 Å². The van der Waals surface area contributed by atoms with Gasteiger partial charge in [0.25, 0.3) is 0 Å². The SMILES string of the molecule is CC(C)CN=C(N)NCCCOC1CCCC1. The first-order chi connectivity index (χ1) is 8.18. The summed E-state index contributed by atoms with van der Waals surface area (Å²) in [6.07, 6.45) is 6.66. The molecule has 0 aliphatic heterocycles. The second-order valence-corrected chi connectivity index (χ2v) is 5.18. The van der Waals surface area contributed by atoms with E-state index >= 15 is 0 Å². The van der Waals surface area contributed by atoms with Gasteiger partial charge in [0.15, 0.2) is 5.96 Å². The lowest BCUT2D eigenvalue weighted by molar-refractivity contribution is 0.0574. The molecule has 17 heavy (non-hydrogen) atoms. The molecule has 1 saturated carbocycles. The van der Waals surface area contributed by atoms with Crippen LogP contribution in [0.3, 0.4) is 0 Å².